The van der Waals surface area contributed by atoms with E-state index in [1.54, 1.807) is 12.4 Å². The van der Waals surface area contributed by atoms with Crippen molar-refractivity contribution in [1.82, 2.24) is 15.0 Å². The number of hydrogen-bond acceptors (Lipinski definition) is 3. The zero-order valence-corrected chi connectivity index (χ0v) is 10.9. The molecule has 0 saturated carbocycles. The smallest absolute Gasteiger partial charge is 0.223 e. The van der Waals surface area contributed by atoms with Crippen molar-refractivity contribution in [1.29, 1.82) is 0 Å². The second kappa shape index (κ2) is 4.41. The summed E-state index contributed by atoms with van der Waals surface area (Å²) in [6.07, 6.45) is 3.50. The van der Waals surface area contributed by atoms with Crippen LogP contribution in [0.2, 0.25) is 5.28 Å². The molecular formula is C13H14ClN3. The van der Waals surface area contributed by atoms with Crippen molar-refractivity contribution in [2.75, 3.05) is 0 Å². The van der Waals surface area contributed by atoms with E-state index < -0.39 is 0 Å². The zero-order valence-electron chi connectivity index (χ0n) is 10.1. The van der Waals surface area contributed by atoms with Crippen molar-refractivity contribution in [2.24, 2.45) is 0 Å². The summed E-state index contributed by atoms with van der Waals surface area (Å²) in [7, 11) is 0. The average Bonchev–Trinajstić information content (AvgIpc) is 2.28. The summed E-state index contributed by atoms with van der Waals surface area (Å²) in [6.45, 7) is 6.29. The van der Waals surface area contributed by atoms with Gasteiger partial charge in [-0.15, -0.1) is 0 Å². The van der Waals surface area contributed by atoms with E-state index in [1.807, 2.05) is 18.2 Å². The van der Waals surface area contributed by atoms with Gasteiger partial charge in [0.1, 0.15) is 0 Å². The van der Waals surface area contributed by atoms with Crippen LogP contribution >= 0.6 is 11.6 Å². The highest BCUT2D eigenvalue weighted by Gasteiger charge is 2.17. The van der Waals surface area contributed by atoms with Gasteiger partial charge in [-0.1, -0.05) is 20.8 Å². The molecule has 88 valence electrons. The van der Waals surface area contributed by atoms with Gasteiger partial charge in [-0.3, -0.25) is 4.98 Å². The molecule has 0 spiro atoms. The molecule has 0 aliphatic carbocycles. The molecule has 0 N–H and O–H groups in total. The maximum absolute atomic E-state index is 5.96. The third kappa shape index (κ3) is 2.80. The van der Waals surface area contributed by atoms with Gasteiger partial charge in [0.15, 0.2) is 0 Å². The zero-order chi connectivity index (χ0) is 12.5. The second-order valence-corrected chi connectivity index (χ2v) is 5.24. The largest absolute Gasteiger partial charge is 0.264 e. The fraction of sp³-hybridized carbons (Fsp3) is 0.308. The number of hydrogen-bond donors (Lipinski definition) is 0. The van der Waals surface area contributed by atoms with Gasteiger partial charge in [-0.25, -0.2) is 9.97 Å². The summed E-state index contributed by atoms with van der Waals surface area (Å²) in [5.41, 5.74) is 2.63. The van der Waals surface area contributed by atoms with Crippen LogP contribution in [0.3, 0.4) is 0 Å². The molecule has 2 rings (SSSR count). The molecule has 17 heavy (non-hydrogen) atoms. The van der Waals surface area contributed by atoms with Crippen molar-refractivity contribution in [3.05, 3.63) is 41.6 Å². The van der Waals surface area contributed by atoms with E-state index in [0.29, 0.717) is 0 Å². The maximum atomic E-state index is 5.96. The minimum Gasteiger partial charge on any atom is -0.264 e. The van der Waals surface area contributed by atoms with Crippen molar-refractivity contribution < 1.29 is 0 Å². The molecule has 0 fully saturated rings. The molecule has 2 aromatic heterocycles. The van der Waals surface area contributed by atoms with Crippen molar-refractivity contribution in [3.63, 3.8) is 0 Å². The van der Waals surface area contributed by atoms with Gasteiger partial charge in [-0.05, 0) is 29.8 Å². The Morgan fingerprint density at radius 3 is 2.53 bits per heavy atom. The third-order valence-electron chi connectivity index (χ3n) is 2.42. The van der Waals surface area contributed by atoms with E-state index in [4.69, 9.17) is 11.6 Å². The molecule has 0 bridgehead atoms. The molecule has 2 aromatic rings. The van der Waals surface area contributed by atoms with Crippen LogP contribution in [0.15, 0.2) is 30.6 Å². The highest BCUT2D eigenvalue weighted by Crippen LogP contribution is 2.25. The molecule has 0 amide bonds. The van der Waals surface area contributed by atoms with E-state index in [9.17, 15) is 0 Å². The highest BCUT2D eigenvalue weighted by atomic mass is 35.5. The van der Waals surface area contributed by atoms with Crippen molar-refractivity contribution in [3.8, 4) is 11.3 Å². The Morgan fingerprint density at radius 1 is 1.18 bits per heavy atom. The first-order valence-electron chi connectivity index (χ1n) is 5.42. The van der Waals surface area contributed by atoms with Gasteiger partial charge in [0.25, 0.3) is 0 Å². The quantitative estimate of drug-likeness (QED) is 0.724. The van der Waals surface area contributed by atoms with Crippen LogP contribution in [0.25, 0.3) is 11.3 Å². The Bertz CT molecular complexity index is 518. The van der Waals surface area contributed by atoms with E-state index in [1.165, 1.54) is 0 Å². The summed E-state index contributed by atoms with van der Waals surface area (Å²) in [4.78, 5) is 12.6. The van der Waals surface area contributed by atoms with Crippen LogP contribution in [0.4, 0.5) is 0 Å². The first kappa shape index (κ1) is 12.0. The summed E-state index contributed by atoms with van der Waals surface area (Å²) in [6, 6.07) is 5.79. The van der Waals surface area contributed by atoms with Gasteiger partial charge in [-0.2, -0.15) is 0 Å². The number of aromatic nitrogens is 3. The molecule has 0 saturated heterocycles. The van der Waals surface area contributed by atoms with Crippen molar-refractivity contribution in [2.45, 2.75) is 26.2 Å². The first-order chi connectivity index (χ1) is 7.97. The molecule has 0 aromatic carbocycles. The standard InChI is InChI=1S/C13H14ClN3/c1-13(2,3)11-7-10(16-12(14)17-11)9-5-4-6-15-8-9/h4-8H,1-3H3. The molecule has 4 heteroatoms. The lowest BCUT2D eigenvalue weighted by molar-refractivity contribution is 0.567. The lowest BCUT2D eigenvalue weighted by Crippen LogP contribution is -2.14. The summed E-state index contributed by atoms with van der Waals surface area (Å²) in [5, 5.41) is 0.274. The van der Waals surface area contributed by atoms with Gasteiger partial charge in [0, 0.05) is 23.4 Å². The molecule has 0 atom stereocenters. The first-order valence-corrected chi connectivity index (χ1v) is 5.80. The Hall–Kier alpha value is -1.48. The van der Waals surface area contributed by atoms with E-state index in [2.05, 4.69) is 35.7 Å². The number of nitrogens with zero attached hydrogens (tertiary/aromatic N) is 3. The summed E-state index contributed by atoms with van der Waals surface area (Å²) in [5.74, 6) is 0. The van der Waals surface area contributed by atoms with Gasteiger partial charge in [0.2, 0.25) is 5.28 Å². The molecule has 3 nitrogen and oxygen atoms in total. The normalized spacial score (nSPS) is 11.5. The topological polar surface area (TPSA) is 38.7 Å². The molecule has 0 aliphatic heterocycles. The molecule has 0 radical (unpaired) electrons. The van der Waals surface area contributed by atoms with Gasteiger partial charge in [0.05, 0.1) is 11.4 Å². The number of pyridine rings is 1. The number of halogens is 1. The summed E-state index contributed by atoms with van der Waals surface area (Å²) < 4.78 is 0. The van der Waals surface area contributed by atoms with E-state index >= 15 is 0 Å². The van der Waals surface area contributed by atoms with Crippen LogP contribution in [-0.4, -0.2) is 15.0 Å². The van der Waals surface area contributed by atoms with Gasteiger partial charge < -0.3 is 0 Å². The minimum atomic E-state index is -0.0520. The molecular weight excluding hydrogens is 234 g/mol. The van der Waals surface area contributed by atoms with Crippen LogP contribution in [0.1, 0.15) is 26.5 Å². The highest BCUT2D eigenvalue weighted by molar-refractivity contribution is 6.28. The minimum absolute atomic E-state index is 0.0520. The lowest BCUT2D eigenvalue weighted by atomic mass is 9.91. The Labute approximate surface area is 106 Å². The third-order valence-corrected chi connectivity index (χ3v) is 2.59. The predicted molar refractivity (Wildman–Crippen MR) is 69.0 cm³/mol. The fourth-order valence-electron chi connectivity index (χ4n) is 1.46. The SMILES string of the molecule is CC(C)(C)c1cc(-c2cccnc2)nc(Cl)n1. The Kier molecular flexibility index (Phi) is 3.11. The van der Waals surface area contributed by atoms with Crippen molar-refractivity contribution >= 4 is 11.6 Å². The number of rotatable bonds is 1. The lowest BCUT2D eigenvalue weighted by Gasteiger charge is -2.18. The van der Waals surface area contributed by atoms with Crippen LogP contribution in [0, 0.1) is 0 Å². The van der Waals surface area contributed by atoms with E-state index in [-0.39, 0.29) is 10.7 Å². The van der Waals surface area contributed by atoms with Crippen LogP contribution in [-0.2, 0) is 5.41 Å². The Balaban J connectivity index is 2.54. The van der Waals surface area contributed by atoms with Crippen LogP contribution in [0.5, 0.6) is 0 Å². The molecule has 2 heterocycles. The van der Waals surface area contributed by atoms with E-state index in [0.717, 1.165) is 17.0 Å². The molecule has 0 unspecified atom stereocenters. The second-order valence-electron chi connectivity index (χ2n) is 4.90. The monoisotopic (exact) mass is 247 g/mol. The van der Waals surface area contributed by atoms with Gasteiger partial charge >= 0.3 is 0 Å². The maximum Gasteiger partial charge on any atom is 0.223 e. The average molecular weight is 248 g/mol. The predicted octanol–water partition coefficient (Wildman–Crippen LogP) is 3.49. The molecule has 0 aliphatic rings. The fourth-order valence-corrected chi connectivity index (χ4v) is 1.65. The summed E-state index contributed by atoms with van der Waals surface area (Å²) >= 11 is 5.96. The Morgan fingerprint density at radius 2 is 1.94 bits per heavy atom. The van der Waals surface area contributed by atoms with Crippen LogP contribution < -0.4 is 0 Å².